The summed E-state index contributed by atoms with van der Waals surface area (Å²) in [5.41, 5.74) is 1.85. The number of ether oxygens (including phenoxy) is 1. The van der Waals surface area contributed by atoms with Gasteiger partial charge < -0.3 is 19.7 Å². The van der Waals surface area contributed by atoms with Crippen LogP contribution in [0.2, 0.25) is 0 Å². The second kappa shape index (κ2) is 11.2. The van der Waals surface area contributed by atoms with Gasteiger partial charge in [-0.05, 0) is 43.2 Å². The van der Waals surface area contributed by atoms with Crippen LogP contribution in [0.15, 0.2) is 47.3 Å². The first-order chi connectivity index (χ1) is 17.3. The normalized spacial score (nSPS) is 16.3. The number of H-pyrrole nitrogens is 1. The first kappa shape index (κ1) is 25.8. The van der Waals surface area contributed by atoms with E-state index in [1.54, 1.807) is 6.07 Å². The first-order valence-electron chi connectivity index (χ1n) is 12.4. The average molecular weight is 497 g/mol. The molecular weight excluding hydrogens is 463 g/mol. The van der Waals surface area contributed by atoms with E-state index in [9.17, 15) is 19.1 Å². The van der Waals surface area contributed by atoms with Crippen LogP contribution in [0.5, 0.6) is 5.75 Å². The fourth-order valence-electron chi connectivity index (χ4n) is 4.59. The van der Waals surface area contributed by atoms with E-state index < -0.39 is 17.9 Å². The Kier molecular flexibility index (Phi) is 8.01. The molecule has 1 amide bonds. The zero-order chi connectivity index (χ0) is 25.8. The number of hydrogen-bond donors (Lipinski definition) is 3. The highest BCUT2D eigenvalue weighted by Gasteiger charge is 2.32. The summed E-state index contributed by atoms with van der Waals surface area (Å²) < 4.78 is 19.5. The maximum atomic E-state index is 13.4. The number of benzene rings is 2. The fourth-order valence-corrected chi connectivity index (χ4v) is 4.59. The molecule has 2 atom stereocenters. The molecule has 36 heavy (non-hydrogen) atoms. The van der Waals surface area contributed by atoms with Crippen molar-refractivity contribution in [2.24, 2.45) is 5.92 Å². The molecule has 9 heteroatoms. The molecule has 0 spiro atoms. The van der Waals surface area contributed by atoms with Gasteiger partial charge in [-0.1, -0.05) is 26.0 Å². The summed E-state index contributed by atoms with van der Waals surface area (Å²) in [7, 11) is 0. The maximum Gasteiger partial charge on any atom is 0.271 e. The number of fused-ring (bicyclic) bond motifs is 1. The highest BCUT2D eigenvalue weighted by molar-refractivity contribution is 5.82. The number of aliphatic hydroxyl groups is 1. The number of carbonyl (C=O) groups is 1. The number of nitrogens with zero attached hydrogens (tertiary/aromatic N) is 2. The summed E-state index contributed by atoms with van der Waals surface area (Å²) in [6.07, 6.45) is 1.12. The standard InChI is InChI=1S/C27H33FN4O4/c1-16(2)24(29-17(3)25-26(34)31-22-7-5-4-6-21(22)30-25)27(35)32-12-10-20(11-13-32)36-23-9-8-19(28)14-18(23)15-33/h4-9,14,16-17,20,24,29,33H,10-13,15H2,1-3H3,(H,31,34). The van der Waals surface area contributed by atoms with Crippen LogP contribution in [0.1, 0.15) is 50.9 Å². The molecule has 1 saturated heterocycles. The Morgan fingerprint density at radius 3 is 2.64 bits per heavy atom. The van der Waals surface area contributed by atoms with Crippen LogP contribution in [-0.2, 0) is 11.4 Å². The minimum Gasteiger partial charge on any atom is -0.490 e. The molecule has 8 nitrogen and oxygen atoms in total. The molecule has 0 aliphatic carbocycles. The molecule has 0 radical (unpaired) electrons. The second-order valence-corrected chi connectivity index (χ2v) is 9.63. The van der Waals surface area contributed by atoms with Crippen molar-refractivity contribution in [1.82, 2.24) is 20.2 Å². The number of amides is 1. The third-order valence-electron chi connectivity index (χ3n) is 6.64. The van der Waals surface area contributed by atoms with E-state index in [2.05, 4.69) is 15.3 Å². The summed E-state index contributed by atoms with van der Waals surface area (Å²) in [5.74, 6) is 0.0200. The van der Waals surface area contributed by atoms with Gasteiger partial charge in [-0.25, -0.2) is 9.37 Å². The van der Waals surface area contributed by atoms with Gasteiger partial charge in [0.15, 0.2) is 0 Å². The van der Waals surface area contributed by atoms with Gasteiger partial charge in [0.05, 0.1) is 29.7 Å². The summed E-state index contributed by atoms with van der Waals surface area (Å²) in [6.45, 7) is 6.53. The van der Waals surface area contributed by atoms with Gasteiger partial charge in [0.1, 0.15) is 23.4 Å². The van der Waals surface area contributed by atoms with Crippen molar-refractivity contribution in [2.45, 2.75) is 58.4 Å². The predicted molar refractivity (Wildman–Crippen MR) is 135 cm³/mol. The van der Waals surface area contributed by atoms with Crippen molar-refractivity contribution in [3.63, 3.8) is 0 Å². The van der Waals surface area contributed by atoms with Crippen LogP contribution >= 0.6 is 0 Å². The summed E-state index contributed by atoms with van der Waals surface area (Å²) in [4.78, 5) is 35.3. The maximum absolute atomic E-state index is 13.4. The smallest absolute Gasteiger partial charge is 0.271 e. The van der Waals surface area contributed by atoms with Crippen LogP contribution in [-0.4, -0.2) is 51.1 Å². The molecule has 3 N–H and O–H groups in total. The van der Waals surface area contributed by atoms with Crippen molar-refractivity contribution in [3.8, 4) is 5.75 Å². The van der Waals surface area contributed by atoms with Crippen molar-refractivity contribution in [1.29, 1.82) is 0 Å². The molecule has 2 unspecified atom stereocenters. The molecule has 1 fully saturated rings. The van der Waals surface area contributed by atoms with E-state index in [4.69, 9.17) is 4.74 Å². The predicted octanol–water partition coefficient (Wildman–Crippen LogP) is 3.30. The number of aromatic amines is 1. The Labute approximate surface area is 209 Å². The van der Waals surface area contributed by atoms with E-state index in [0.717, 1.165) is 0 Å². The molecule has 2 heterocycles. The van der Waals surface area contributed by atoms with Gasteiger partial charge in [-0.15, -0.1) is 0 Å². The number of halogens is 1. The highest BCUT2D eigenvalue weighted by Crippen LogP contribution is 2.25. The van der Waals surface area contributed by atoms with Crippen LogP contribution in [0, 0.1) is 11.7 Å². The second-order valence-electron chi connectivity index (χ2n) is 9.63. The van der Waals surface area contributed by atoms with Crippen molar-refractivity contribution >= 4 is 16.9 Å². The van der Waals surface area contributed by atoms with Crippen LogP contribution < -0.4 is 15.6 Å². The van der Waals surface area contributed by atoms with E-state index in [1.165, 1.54) is 18.2 Å². The summed E-state index contributed by atoms with van der Waals surface area (Å²) in [6, 6.07) is 10.5. The first-order valence-corrected chi connectivity index (χ1v) is 12.4. The third-order valence-corrected chi connectivity index (χ3v) is 6.64. The van der Waals surface area contributed by atoms with Crippen LogP contribution in [0.25, 0.3) is 11.0 Å². The largest absolute Gasteiger partial charge is 0.490 e. The Bertz CT molecular complexity index is 1270. The lowest BCUT2D eigenvalue weighted by Crippen LogP contribution is -2.53. The van der Waals surface area contributed by atoms with E-state index >= 15 is 0 Å². The van der Waals surface area contributed by atoms with E-state index in [-0.39, 0.29) is 30.1 Å². The fraction of sp³-hybridized carbons (Fsp3) is 0.444. The Hall–Kier alpha value is -3.30. The van der Waals surface area contributed by atoms with Gasteiger partial charge >= 0.3 is 0 Å². The minimum atomic E-state index is -0.483. The molecule has 3 aromatic rings. The molecule has 0 saturated carbocycles. The number of hydrogen-bond acceptors (Lipinski definition) is 6. The van der Waals surface area contributed by atoms with Gasteiger partial charge in [-0.2, -0.15) is 0 Å². The van der Waals surface area contributed by atoms with Crippen molar-refractivity contribution < 1.29 is 19.0 Å². The van der Waals surface area contributed by atoms with Gasteiger partial charge in [0.2, 0.25) is 5.91 Å². The molecular formula is C27H33FN4O4. The number of piperidine rings is 1. The summed E-state index contributed by atoms with van der Waals surface area (Å²) >= 11 is 0. The molecule has 192 valence electrons. The molecule has 1 aliphatic rings. The molecule has 2 aromatic carbocycles. The minimum absolute atomic E-state index is 0.000195. The summed E-state index contributed by atoms with van der Waals surface area (Å²) in [5, 5.41) is 12.8. The van der Waals surface area contributed by atoms with Crippen molar-refractivity contribution in [3.05, 3.63) is 69.9 Å². The average Bonchev–Trinajstić information content (AvgIpc) is 2.87. The Morgan fingerprint density at radius 2 is 1.94 bits per heavy atom. The van der Waals surface area contributed by atoms with Crippen LogP contribution in [0.3, 0.4) is 0 Å². The topological polar surface area (TPSA) is 108 Å². The van der Waals surface area contributed by atoms with Gasteiger partial charge in [0.25, 0.3) is 5.56 Å². The quantitative estimate of drug-likeness (QED) is 0.442. The number of para-hydroxylation sites is 2. The van der Waals surface area contributed by atoms with E-state index in [1.807, 2.05) is 43.9 Å². The zero-order valence-electron chi connectivity index (χ0n) is 20.8. The van der Waals surface area contributed by atoms with E-state index in [0.29, 0.717) is 54.0 Å². The number of aliphatic hydroxyl groups excluding tert-OH is 1. The molecule has 0 bridgehead atoms. The third kappa shape index (κ3) is 5.74. The number of nitrogens with one attached hydrogen (secondary N) is 2. The van der Waals surface area contributed by atoms with Gasteiger partial charge in [-0.3, -0.25) is 14.9 Å². The monoisotopic (exact) mass is 496 g/mol. The Morgan fingerprint density at radius 1 is 1.22 bits per heavy atom. The molecule has 1 aromatic heterocycles. The number of rotatable bonds is 8. The van der Waals surface area contributed by atoms with Crippen LogP contribution in [0.4, 0.5) is 4.39 Å². The Balaban J connectivity index is 1.40. The number of likely N-dealkylation sites (tertiary alicyclic amines) is 1. The SMILES string of the molecule is CC(NC(C(=O)N1CCC(Oc2ccc(F)cc2CO)CC1)C(C)C)c1nc2ccccc2[nH]c1=O. The molecule has 1 aliphatic heterocycles. The number of carbonyl (C=O) groups excluding carboxylic acids is 1. The van der Waals surface area contributed by atoms with Crippen molar-refractivity contribution in [2.75, 3.05) is 13.1 Å². The highest BCUT2D eigenvalue weighted by atomic mass is 19.1. The van der Waals surface area contributed by atoms with Gasteiger partial charge in [0, 0.05) is 31.5 Å². The lowest BCUT2D eigenvalue weighted by molar-refractivity contribution is -0.136. The number of aromatic nitrogens is 2. The lowest BCUT2D eigenvalue weighted by Gasteiger charge is -2.36. The zero-order valence-corrected chi connectivity index (χ0v) is 20.8. The molecule has 4 rings (SSSR count). The lowest BCUT2D eigenvalue weighted by atomic mass is 9.99.